The monoisotopic (exact) mass is 272 g/mol. The molecule has 0 spiro atoms. The molecular formula is C14H24O5. The molecule has 110 valence electrons. The fourth-order valence-corrected chi connectivity index (χ4v) is 1.45. The van der Waals surface area contributed by atoms with Gasteiger partial charge in [-0.05, 0) is 26.7 Å². The van der Waals surface area contributed by atoms with E-state index in [1.165, 1.54) is 0 Å². The molecule has 0 unspecified atom stereocenters. The Labute approximate surface area is 114 Å². The molecule has 0 atom stereocenters. The lowest BCUT2D eigenvalue weighted by Crippen LogP contribution is -2.36. The van der Waals surface area contributed by atoms with Crippen molar-refractivity contribution >= 4 is 11.8 Å². The summed E-state index contributed by atoms with van der Waals surface area (Å²) in [5.41, 5.74) is -0.875. The predicted molar refractivity (Wildman–Crippen MR) is 71.7 cm³/mol. The fourth-order valence-electron chi connectivity index (χ4n) is 1.45. The van der Waals surface area contributed by atoms with E-state index in [0.29, 0.717) is 12.8 Å². The minimum atomic E-state index is -0.875. The van der Waals surface area contributed by atoms with Gasteiger partial charge in [0.25, 0.3) is 0 Å². The molecule has 5 heteroatoms. The zero-order valence-electron chi connectivity index (χ0n) is 11.8. The maximum absolute atomic E-state index is 11.9. The van der Waals surface area contributed by atoms with Crippen molar-refractivity contribution < 1.29 is 24.2 Å². The molecule has 1 N–H and O–H groups in total. The zero-order chi connectivity index (χ0) is 14.7. The number of rotatable bonds is 11. The van der Waals surface area contributed by atoms with Crippen molar-refractivity contribution in [2.24, 2.45) is 0 Å². The quantitative estimate of drug-likeness (QED) is 0.351. The van der Waals surface area contributed by atoms with Crippen LogP contribution in [0, 0.1) is 0 Å². The number of carbonyl (C=O) groups is 2. The van der Waals surface area contributed by atoms with Crippen molar-refractivity contribution in [2.45, 2.75) is 45.1 Å². The molecule has 0 aromatic heterocycles. The van der Waals surface area contributed by atoms with Crippen LogP contribution in [0.25, 0.3) is 0 Å². The summed E-state index contributed by atoms with van der Waals surface area (Å²) >= 11 is 0. The van der Waals surface area contributed by atoms with E-state index in [-0.39, 0.29) is 25.6 Å². The first-order chi connectivity index (χ1) is 8.94. The number of hydrogen-bond acceptors (Lipinski definition) is 5. The molecule has 0 aliphatic carbocycles. The summed E-state index contributed by atoms with van der Waals surface area (Å²) < 4.78 is 10.2. The normalized spacial score (nSPS) is 11.1. The Balaban J connectivity index is 3.85. The van der Waals surface area contributed by atoms with Crippen LogP contribution in [0.15, 0.2) is 12.7 Å². The van der Waals surface area contributed by atoms with Gasteiger partial charge in [-0.25, -0.2) is 4.79 Å². The average Bonchev–Trinajstić information content (AvgIpc) is 2.39. The Morgan fingerprint density at radius 1 is 1.21 bits per heavy atom. The molecule has 0 aromatic carbocycles. The third-order valence-electron chi connectivity index (χ3n) is 2.69. The Bertz CT molecular complexity index is 296. The summed E-state index contributed by atoms with van der Waals surface area (Å²) in [6.45, 7) is 7.12. The molecule has 0 fully saturated rings. The molecule has 0 aromatic rings. The SMILES string of the molecule is C=CC(=O)OCCOC(C)(C)C(=O)CCCCCO. The first-order valence-corrected chi connectivity index (χ1v) is 6.51. The lowest BCUT2D eigenvalue weighted by atomic mass is 9.98. The first-order valence-electron chi connectivity index (χ1n) is 6.51. The predicted octanol–water partition coefficient (Wildman–Crippen LogP) is 1.63. The molecule has 0 rings (SSSR count). The Hall–Kier alpha value is -1.20. The van der Waals surface area contributed by atoms with Crippen LogP contribution in [-0.2, 0) is 19.1 Å². The van der Waals surface area contributed by atoms with E-state index in [0.717, 1.165) is 18.9 Å². The molecular weight excluding hydrogens is 248 g/mol. The van der Waals surface area contributed by atoms with Gasteiger partial charge < -0.3 is 14.6 Å². The minimum Gasteiger partial charge on any atom is -0.460 e. The van der Waals surface area contributed by atoms with Crippen molar-refractivity contribution in [3.63, 3.8) is 0 Å². The highest BCUT2D eigenvalue weighted by Gasteiger charge is 2.27. The van der Waals surface area contributed by atoms with Gasteiger partial charge in [0.2, 0.25) is 0 Å². The molecule has 0 saturated carbocycles. The van der Waals surface area contributed by atoms with Crippen LogP contribution in [0.1, 0.15) is 39.5 Å². The number of aliphatic hydroxyl groups excluding tert-OH is 1. The third-order valence-corrected chi connectivity index (χ3v) is 2.69. The zero-order valence-corrected chi connectivity index (χ0v) is 11.8. The number of esters is 1. The van der Waals surface area contributed by atoms with Gasteiger partial charge in [-0.2, -0.15) is 0 Å². The van der Waals surface area contributed by atoms with Crippen LogP contribution in [0.4, 0.5) is 0 Å². The second kappa shape index (κ2) is 9.69. The van der Waals surface area contributed by atoms with E-state index in [1.54, 1.807) is 13.8 Å². The number of unbranched alkanes of at least 4 members (excludes halogenated alkanes) is 2. The van der Waals surface area contributed by atoms with Crippen molar-refractivity contribution in [2.75, 3.05) is 19.8 Å². The molecule has 5 nitrogen and oxygen atoms in total. The summed E-state index contributed by atoms with van der Waals surface area (Å²) in [7, 11) is 0. The lowest BCUT2D eigenvalue weighted by Gasteiger charge is -2.23. The maximum atomic E-state index is 11.9. The van der Waals surface area contributed by atoms with E-state index in [1.807, 2.05) is 0 Å². The smallest absolute Gasteiger partial charge is 0.330 e. The number of ether oxygens (including phenoxy) is 2. The highest BCUT2D eigenvalue weighted by Crippen LogP contribution is 2.15. The van der Waals surface area contributed by atoms with Gasteiger partial charge in [-0.1, -0.05) is 13.0 Å². The standard InChI is InChI=1S/C14H24O5/c1-4-13(17)18-10-11-19-14(2,3)12(16)8-6-5-7-9-15/h4,15H,1,5-11H2,2-3H3. The van der Waals surface area contributed by atoms with E-state index in [2.05, 4.69) is 6.58 Å². The van der Waals surface area contributed by atoms with Crippen molar-refractivity contribution in [3.8, 4) is 0 Å². The number of hydrogen-bond donors (Lipinski definition) is 1. The molecule has 0 amide bonds. The largest absolute Gasteiger partial charge is 0.460 e. The van der Waals surface area contributed by atoms with E-state index < -0.39 is 11.6 Å². The van der Waals surface area contributed by atoms with Crippen LogP contribution in [0.5, 0.6) is 0 Å². The van der Waals surface area contributed by atoms with Crippen molar-refractivity contribution in [1.29, 1.82) is 0 Å². The number of Topliss-reactive ketones (excluding diaryl/α,β-unsaturated/α-hetero) is 1. The van der Waals surface area contributed by atoms with Crippen LogP contribution >= 0.6 is 0 Å². The van der Waals surface area contributed by atoms with Crippen molar-refractivity contribution in [1.82, 2.24) is 0 Å². The maximum Gasteiger partial charge on any atom is 0.330 e. The Morgan fingerprint density at radius 2 is 1.89 bits per heavy atom. The molecule has 0 aliphatic heterocycles. The number of ketones is 1. The number of aliphatic hydroxyl groups is 1. The van der Waals surface area contributed by atoms with Gasteiger partial charge >= 0.3 is 5.97 Å². The van der Waals surface area contributed by atoms with Crippen LogP contribution in [-0.4, -0.2) is 42.3 Å². The second-order valence-corrected chi connectivity index (χ2v) is 4.69. The summed E-state index contributed by atoms with van der Waals surface area (Å²) in [4.78, 5) is 22.7. The van der Waals surface area contributed by atoms with Gasteiger partial charge in [0.15, 0.2) is 5.78 Å². The molecule has 0 bridgehead atoms. The van der Waals surface area contributed by atoms with Gasteiger partial charge in [0.1, 0.15) is 12.2 Å². The van der Waals surface area contributed by atoms with Crippen LogP contribution in [0.3, 0.4) is 0 Å². The molecule has 0 heterocycles. The topological polar surface area (TPSA) is 72.8 Å². The average molecular weight is 272 g/mol. The highest BCUT2D eigenvalue weighted by molar-refractivity contribution is 5.86. The Morgan fingerprint density at radius 3 is 2.47 bits per heavy atom. The van der Waals surface area contributed by atoms with Crippen LogP contribution in [0.2, 0.25) is 0 Å². The summed E-state index contributed by atoms with van der Waals surface area (Å²) in [5.74, 6) is -0.489. The first kappa shape index (κ1) is 17.8. The highest BCUT2D eigenvalue weighted by atomic mass is 16.6. The molecule has 0 saturated heterocycles. The summed E-state index contributed by atoms with van der Waals surface area (Å²) in [6.07, 6.45) is 3.80. The second-order valence-electron chi connectivity index (χ2n) is 4.69. The molecule has 19 heavy (non-hydrogen) atoms. The van der Waals surface area contributed by atoms with Crippen molar-refractivity contribution in [3.05, 3.63) is 12.7 Å². The van der Waals surface area contributed by atoms with Gasteiger partial charge in [-0.15, -0.1) is 0 Å². The third kappa shape index (κ3) is 8.51. The van der Waals surface area contributed by atoms with Gasteiger partial charge in [0, 0.05) is 19.1 Å². The van der Waals surface area contributed by atoms with Crippen LogP contribution < -0.4 is 0 Å². The summed E-state index contributed by atoms with van der Waals surface area (Å²) in [6, 6.07) is 0. The molecule has 0 radical (unpaired) electrons. The van der Waals surface area contributed by atoms with E-state index >= 15 is 0 Å². The number of carbonyl (C=O) groups excluding carboxylic acids is 2. The van der Waals surface area contributed by atoms with Gasteiger partial charge in [-0.3, -0.25) is 4.79 Å². The molecule has 0 aliphatic rings. The summed E-state index contributed by atoms with van der Waals surface area (Å²) in [5, 5.41) is 8.64. The Kier molecular flexibility index (Phi) is 9.08. The minimum absolute atomic E-state index is 0.0143. The van der Waals surface area contributed by atoms with E-state index in [9.17, 15) is 9.59 Å². The van der Waals surface area contributed by atoms with Gasteiger partial charge in [0.05, 0.1) is 6.61 Å². The lowest BCUT2D eigenvalue weighted by molar-refractivity contribution is -0.147. The van der Waals surface area contributed by atoms with E-state index in [4.69, 9.17) is 14.6 Å². The fraction of sp³-hybridized carbons (Fsp3) is 0.714.